The number of hydrazone groups is 1. The molecule has 0 saturated heterocycles. The van der Waals surface area contributed by atoms with E-state index in [1.165, 1.54) is 11.3 Å². The Morgan fingerprint density at radius 1 is 1.26 bits per heavy atom. The standard InChI is InChI=1S/C16H21N3O3S/c1-12-11-23-16(18-12)19-17-10-13-5-6-14(21-3)15(9-13)22-8-4-7-20-2/h5-6,9-11H,4,7-8H2,1-3H3,(H,18,19). The van der Waals surface area contributed by atoms with Gasteiger partial charge in [-0.2, -0.15) is 5.10 Å². The summed E-state index contributed by atoms with van der Waals surface area (Å²) in [6.45, 7) is 3.18. The highest BCUT2D eigenvalue weighted by molar-refractivity contribution is 7.13. The van der Waals surface area contributed by atoms with Crippen LogP contribution in [0.2, 0.25) is 0 Å². The van der Waals surface area contributed by atoms with Crippen molar-refractivity contribution in [2.24, 2.45) is 5.10 Å². The molecule has 1 aromatic carbocycles. The zero-order chi connectivity index (χ0) is 16.5. The van der Waals surface area contributed by atoms with E-state index in [0.29, 0.717) is 24.7 Å². The molecule has 0 fully saturated rings. The van der Waals surface area contributed by atoms with E-state index in [1.807, 2.05) is 30.5 Å². The van der Waals surface area contributed by atoms with E-state index in [9.17, 15) is 0 Å². The molecular formula is C16H21N3O3S. The smallest absolute Gasteiger partial charge is 0.203 e. The van der Waals surface area contributed by atoms with Crippen molar-refractivity contribution in [1.82, 2.24) is 4.98 Å². The maximum Gasteiger partial charge on any atom is 0.203 e. The second-order valence-electron chi connectivity index (χ2n) is 4.77. The van der Waals surface area contributed by atoms with Gasteiger partial charge >= 0.3 is 0 Å². The summed E-state index contributed by atoms with van der Waals surface area (Å²) in [5.41, 5.74) is 4.80. The van der Waals surface area contributed by atoms with E-state index in [1.54, 1.807) is 20.4 Å². The Bertz CT molecular complexity index is 643. The lowest BCUT2D eigenvalue weighted by molar-refractivity contribution is 0.170. The molecule has 6 nitrogen and oxygen atoms in total. The summed E-state index contributed by atoms with van der Waals surface area (Å²) >= 11 is 1.52. The Labute approximate surface area is 140 Å². The minimum absolute atomic E-state index is 0.571. The van der Waals surface area contributed by atoms with Gasteiger partial charge in [-0.1, -0.05) is 0 Å². The van der Waals surface area contributed by atoms with E-state index >= 15 is 0 Å². The summed E-state index contributed by atoms with van der Waals surface area (Å²) in [5, 5.41) is 6.92. The van der Waals surface area contributed by atoms with Crippen LogP contribution in [0.3, 0.4) is 0 Å². The largest absolute Gasteiger partial charge is 0.493 e. The Kier molecular flexibility index (Phi) is 6.83. The van der Waals surface area contributed by atoms with Crippen molar-refractivity contribution in [3.63, 3.8) is 0 Å². The number of ether oxygens (including phenoxy) is 3. The third-order valence-corrected chi connectivity index (χ3v) is 3.80. The number of aryl methyl sites for hydroxylation is 1. The number of rotatable bonds is 9. The van der Waals surface area contributed by atoms with Crippen molar-refractivity contribution in [2.75, 3.05) is 32.9 Å². The number of thiazole rings is 1. The Morgan fingerprint density at radius 2 is 2.13 bits per heavy atom. The number of methoxy groups -OCH3 is 2. The first kappa shape index (κ1) is 17.2. The summed E-state index contributed by atoms with van der Waals surface area (Å²) in [6.07, 6.45) is 2.54. The number of anilines is 1. The summed E-state index contributed by atoms with van der Waals surface area (Å²) in [6, 6.07) is 5.67. The van der Waals surface area contributed by atoms with Gasteiger partial charge in [0.25, 0.3) is 0 Å². The lowest BCUT2D eigenvalue weighted by atomic mass is 10.2. The quantitative estimate of drug-likeness (QED) is 0.433. The maximum absolute atomic E-state index is 5.74. The predicted octanol–water partition coefficient (Wildman–Crippen LogP) is 3.32. The molecule has 1 N–H and O–H groups in total. The molecule has 0 bridgehead atoms. The molecule has 1 heterocycles. The molecule has 2 rings (SSSR count). The topological polar surface area (TPSA) is 65.0 Å². The molecular weight excluding hydrogens is 314 g/mol. The Balaban J connectivity index is 1.98. The second-order valence-corrected chi connectivity index (χ2v) is 5.63. The molecule has 124 valence electrons. The van der Waals surface area contributed by atoms with Crippen LogP contribution in [0, 0.1) is 6.92 Å². The maximum atomic E-state index is 5.74. The first-order chi connectivity index (χ1) is 11.2. The van der Waals surface area contributed by atoms with Crippen LogP contribution in [0.4, 0.5) is 5.13 Å². The predicted molar refractivity (Wildman–Crippen MR) is 93.0 cm³/mol. The van der Waals surface area contributed by atoms with Crippen LogP contribution in [0.15, 0.2) is 28.7 Å². The first-order valence-corrected chi connectivity index (χ1v) is 8.12. The van der Waals surface area contributed by atoms with Crippen LogP contribution in [0.1, 0.15) is 17.7 Å². The van der Waals surface area contributed by atoms with Crippen molar-refractivity contribution >= 4 is 22.7 Å². The highest BCUT2D eigenvalue weighted by atomic mass is 32.1. The average Bonchev–Trinajstić information content (AvgIpc) is 2.97. The van der Waals surface area contributed by atoms with Gasteiger partial charge in [-0.3, -0.25) is 5.43 Å². The fourth-order valence-corrected chi connectivity index (χ4v) is 2.48. The SMILES string of the molecule is COCCCOc1cc(C=NNc2nc(C)cs2)ccc1OC. The monoisotopic (exact) mass is 335 g/mol. The molecule has 2 aromatic rings. The highest BCUT2D eigenvalue weighted by Gasteiger charge is 2.05. The summed E-state index contributed by atoms with van der Waals surface area (Å²) in [5.74, 6) is 1.39. The lowest BCUT2D eigenvalue weighted by Gasteiger charge is -2.11. The number of aromatic nitrogens is 1. The molecule has 23 heavy (non-hydrogen) atoms. The molecule has 0 aliphatic carbocycles. The second kappa shape index (κ2) is 9.12. The molecule has 1 aromatic heterocycles. The van der Waals surface area contributed by atoms with Crippen molar-refractivity contribution in [1.29, 1.82) is 0 Å². The summed E-state index contributed by atoms with van der Waals surface area (Å²) in [4.78, 5) is 4.28. The summed E-state index contributed by atoms with van der Waals surface area (Å²) < 4.78 is 16.1. The van der Waals surface area contributed by atoms with E-state index < -0.39 is 0 Å². The fraction of sp³-hybridized carbons (Fsp3) is 0.375. The Hall–Kier alpha value is -2.12. The number of nitrogens with zero attached hydrogens (tertiary/aromatic N) is 2. The van der Waals surface area contributed by atoms with E-state index in [4.69, 9.17) is 14.2 Å². The minimum Gasteiger partial charge on any atom is -0.493 e. The van der Waals surface area contributed by atoms with Crippen LogP contribution in [0.5, 0.6) is 11.5 Å². The molecule has 7 heteroatoms. The fourth-order valence-electron chi connectivity index (χ4n) is 1.84. The van der Waals surface area contributed by atoms with Gasteiger partial charge in [-0.05, 0) is 30.7 Å². The van der Waals surface area contributed by atoms with Gasteiger partial charge in [-0.25, -0.2) is 4.98 Å². The van der Waals surface area contributed by atoms with Gasteiger partial charge in [-0.15, -0.1) is 11.3 Å². The van der Waals surface area contributed by atoms with Gasteiger partial charge in [0.15, 0.2) is 11.5 Å². The average molecular weight is 335 g/mol. The minimum atomic E-state index is 0.571. The van der Waals surface area contributed by atoms with Crippen LogP contribution >= 0.6 is 11.3 Å². The van der Waals surface area contributed by atoms with Crippen molar-refractivity contribution < 1.29 is 14.2 Å². The highest BCUT2D eigenvalue weighted by Crippen LogP contribution is 2.27. The van der Waals surface area contributed by atoms with E-state index in [2.05, 4.69) is 15.5 Å². The molecule has 0 spiro atoms. The summed E-state index contributed by atoms with van der Waals surface area (Å²) in [7, 11) is 3.30. The van der Waals surface area contributed by atoms with E-state index in [0.717, 1.165) is 22.8 Å². The third-order valence-electron chi connectivity index (χ3n) is 2.93. The van der Waals surface area contributed by atoms with Gasteiger partial charge < -0.3 is 14.2 Å². The first-order valence-electron chi connectivity index (χ1n) is 7.24. The van der Waals surface area contributed by atoms with Crippen LogP contribution in [0.25, 0.3) is 0 Å². The van der Waals surface area contributed by atoms with Gasteiger partial charge in [0, 0.05) is 25.5 Å². The van der Waals surface area contributed by atoms with E-state index in [-0.39, 0.29) is 0 Å². The van der Waals surface area contributed by atoms with Crippen molar-refractivity contribution in [3.8, 4) is 11.5 Å². The van der Waals surface area contributed by atoms with Crippen LogP contribution < -0.4 is 14.9 Å². The van der Waals surface area contributed by atoms with Crippen molar-refractivity contribution in [2.45, 2.75) is 13.3 Å². The third kappa shape index (κ3) is 5.54. The molecule has 0 aliphatic rings. The van der Waals surface area contributed by atoms with Crippen molar-refractivity contribution in [3.05, 3.63) is 34.8 Å². The molecule has 0 radical (unpaired) electrons. The number of hydrogen-bond acceptors (Lipinski definition) is 7. The van der Waals surface area contributed by atoms with Gasteiger partial charge in [0.2, 0.25) is 5.13 Å². The zero-order valence-corrected chi connectivity index (χ0v) is 14.4. The van der Waals surface area contributed by atoms with Gasteiger partial charge in [0.05, 0.1) is 25.6 Å². The number of nitrogens with one attached hydrogen (secondary N) is 1. The molecule has 0 atom stereocenters. The molecule has 0 unspecified atom stereocenters. The lowest BCUT2D eigenvalue weighted by Crippen LogP contribution is -2.03. The molecule has 0 aliphatic heterocycles. The normalized spacial score (nSPS) is 10.9. The van der Waals surface area contributed by atoms with Crippen LogP contribution in [-0.2, 0) is 4.74 Å². The van der Waals surface area contributed by atoms with Crippen LogP contribution in [-0.4, -0.2) is 38.6 Å². The zero-order valence-electron chi connectivity index (χ0n) is 13.5. The molecule has 0 amide bonds. The van der Waals surface area contributed by atoms with Gasteiger partial charge in [0.1, 0.15) is 0 Å². The molecule has 0 saturated carbocycles. The Morgan fingerprint density at radius 3 is 2.83 bits per heavy atom. The number of benzene rings is 1. The number of hydrogen-bond donors (Lipinski definition) is 1.